The molecule has 0 atom stereocenters. The molecule has 0 heterocycles. The molecule has 1 nitrogen and oxygen atoms in total. The summed E-state index contributed by atoms with van der Waals surface area (Å²) in [6.07, 6.45) is 30.8. The fraction of sp³-hybridized carbons (Fsp3) is 1.00. The highest BCUT2D eigenvalue weighted by Crippen LogP contribution is 2.34. The van der Waals surface area contributed by atoms with Crippen LogP contribution in [0.25, 0.3) is 0 Å². The second-order valence-corrected chi connectivity index (χ2v) is 10.6. The van der Waals surface area contributed by atoms with Crippen molar-refractivity contribution in [3.8, 4) is 0 Å². The van der Waals surface area contributed by atoms with Gasteiger partial charge in [0.15, 0.2) is 0 Å². The lowest BCUT2D eigenvalue weighted by Gasteiger charge is -2.30. The molecule has 0 aromatic carbocycles. The lowest BCUT2D eigenvalue weighted by Crippen LogP contribution is -2.22. The monoisotopic (exact) mass is 406 g/mol. The van der Waals surface area contributed by atoms with Gasteiger partial charge < -0.3 is 4.74 Å². The molecule has 0 unspecified atom stereocenters. The predicted octanol–water partition coefficient (Wildman–Crippen LogP) is 9.48. The first-order valence-corrected chi connectivity index (χ1v) is 13.9. The number of unbranched alkanes of at least 4 members (excludes halogenated alkanes) is 7. The maximum atomic E-state index is 6.28. The third-order valence-electron chi connectivity index (χ3n) is 8.05. The van der Waals surface area contributed by atoms with Gasteiger partial charge in [0.25, 0.3) is 0 Å². The predicted molar refractivity (Wildman–Crippen MR) is 129 cm³/mol. The Morgan fingerprint density at radius 3 is 1.41 bits per heavy atom. The molecule has 2 fully saturated rings. The first kappa shape index (κ1) is 25.2. The zero-order chi connectivity index (χ0) is 20.6. The molecule has 1 heteroatoms. The van der Waals surface area contributed by atoms with Crippen LogP contribution in [0.2, 0.25) is 0 Å². The average molecular weight is 407 g/mol. The molecule has 0 amide bonds. The SMILES string of the molecule is CCCCCCCC1CCC(OCCCC2CCC(CCCCCC)CC2)CC1. The summed E-state index contributed by atoms with van der Waals surface area (Å²) in [5, 5.41) is 0. The van der Waals surface area contributed by atoms with Crippen LogP contribution in [0, 0.1) is 17.8 Å². The van der Waals surface area contributed by atoms with E-state index in [0.717, 1.165) is 24.4 Å². The largest absolute Gasteiger partial charge is 0.378 e. The van der Waals surface area contributed by atoms with Crippen LogP contribution in [0.3, 0.4) is 0 Å². The smallest absolute Gasteiger partial charge is 0.0575 e. The van der Waals surface area contributed by atoms with Gasteiger partial charge in [0, 0.05) is 6.61 Å². The fourth-order valence-electron chi connectivity index (χ4n) is 5.91. The third kappa shape index (κ3) is 11.8. The molecule has 2 saturated carbocycles. The highest BCUT2D eigenvalue weighted by atomic mass is 16.5. The van der Waals surface area contributed by atoms with Crippen LogP contribution >= 0.6 is 0 Å². The van der Waals surface area contributed by atoms with Crippen molar-refractivity contribution in [3.05, 3.63) is 0 Å². The van der Waals surface area contributed by atoms with E-state index in [-0.39, 0.29) is 0 Å². The van der Waals surface area contributed by atoms with E-state index >= 15 is 0 Å². The summed E-state index contributed by atoms with van der Waals surface area (Å²) in [5.41, 5.74) is 0. The highest BCUT2D eigenvalue weighted by Gasteiger charge is 2.22. The minimum Gasteiger partial charge on any atom is -0.378 e. The number of hydrogen-bond donors (Lipinski definition) is 0. The maximum absolute atomic E-state index is 6.28. The molecule has 172 valence electrons. The van der Waals surface area contributed by atoms with Crippen molar-refractivity contribution in [2.45, 2.75) is 155 Å². The minimum atomic E-state index is 0.588. The van der Waals surface area contributed by atoms with Crippen LogP contribution in [0.5, 0.6) is 0 Å². The Kier molecular flexibility index (Phi) is 14.5. The van der Waals surface area contributed by atoms with E-state index in [9.17, 15) is 0 Å². The topological polar surface area (TPSA) is 9.23 Å². The van der Waals surface area contributed by atoms with Gasteiger partial charge in [-0.05, 0) is 56.3 Å². The number of ether oxygens (including phenoxy) is 1. The lowest BCUT2D eigenvalue weighted by atomic mass is 9.78. The molecule has 0 aromatic heterocycles. The van der Waals surface area contributed by atoms with Gasteiger partial charge >= 0.3 is 0 Å². The summed E-state index contributed by atoms with van der Waals surface area (Å²) in [6, 6.07) is 0. The molecule has 0 N–H and O–H groups in total. The van der Waals surface area contributed by atoms with E-state index < -0.39 is 0 Å². The van der Waals surface area contributed by atoms with Crippen LogP contribution in [0.1, 0.15) is 149 Å². The van der Waals surface area contributed by atoms with Gasteiger partial charge in [-0.1, -0.05) is 110 Å². The van der Waals surface area contributed by atoms with E-state index in [1.54, 1.807) is 0 Å². The van der Waals surface area contributed by atoms with E-state index in [2.05, 4.69) is 13.8 Å². The number of hydrogen-bond acceptors (Lipinski definition) is 1. The van der Waals surface area contributed by atoms with E-state index in [0.29, 0.717) is 6.10 Å². The molecule has 0 bridgehead atoms. The van der Waals surface area contributed by atoms with Crippen LogP contribution in [0.15, 0.2) is 0 Å². The second-order valence-electron chi connectivity index (χ2n) is 10.6. The summed E-state index contributed by atoms with van der Waals surface area (Å²) in [6.45, 7) is 5.65. The summed E-state index contributed by atoms with van der Waals surface area (Å²) in [4.78, 5) is 0. The van der Waals surface area contributed by atoms with Gasteiger partial charge in [0.1, 0.15) is 0 Å². The van der Waals surface area contributed by atoms with Crippen molar-refractivity contribution >= 4 is 0 Å². The Bertz CT molecular complexity index is 349. The Labute approximate surface area is 184 Å². The first-order valence-electron chi connectivity index (χ1n) is 13.9. The Hall–Kier alpha value is -0.0400. The number of rotatable bonds is 16. The zero-order valence-electron chi connectivity index (χ0n) is 20.3. The van der Waals surface area contributed by atoms with Gasteiger partial charge in [-0.25, -0.2) is 0 Å². The Morgan fingerprint density at radius 2 is 0.897 bits per heavy atom. The van der Waals surface area contributed by atoms with E-state index in [4.69, 9.17) is 4.74 Å². The lowest BCUT2D eigenvalue weighted by molar-refractivity contribution is 0.0131. The van der Waals surface area contributed by atoms with Crippen molar-refractivity contribution < 1.29 is 4.74 Å². The summed E-state index contributed by atoms with van der Waals surface area (Å²) in [7, 11) is 0. The van der Waals surface area contributed by atoms with Gasteiger partial charge in [-0.15, -0.1) is 0 Å². The standard InChI is InChI=1S/C28H54O/c1-3-5-7-9-11-14-26-20-22-28(23-21-26)29-24-12-15-27-18-16-25(17-19-27)13-10-8-6-4-2/h25-28H,3-24H2,1-2H3. The molecule has 0 saturated heterocycles. The average Bonchev–Trinajstić information content (AvgIpc) is 2.76. The molecular formula is C28H54O. The molecule has 29 heavy (non-hydrogen) atoms. The van der Waals surface area contributed by atoms with Crippen LogP contribution in [-0.2, 0) is 4.74 Å². The second kappa shape index (κ2) is 16.6. The van der Waals surface area contributed by atoms with E-state index in [1.807, 2.05) is 0 Å². The van der Waals surface area contributed by atoms with Gasteiger partial charge in [-0.3, -0.25) is 0 Å². The molecule has 2 rings (SSSR count). The van der Waals surface area contributed by atoms with Crippen LogP contribution in [0.4, 0.5) is 0 Å². The van der Waals surface area contributed by atoms with Crippen molar-refractivity contribution in [3.63, 3.8) is 0 Å². The van der Waals surface area contributed by atoms with Crippen LogP contribution < -0.4 is 0 Å². The van der Waals surface area contributed by atoms with Gasteiger partial charge in [-0.2, -0.15) is 0 Å². The first-order chi connectivity index (χ1) is 14.3. The molecule has 0 radical (unpaired) electrons. The highest BCUT2D eigenvalue weighted by molar-refractivity contribution is 4.74. The molecule has 2 aliphatic carbocycles. The molecule has 2 aliphatic rings. The maximum Gasteiger partial charge on any atom is 0.0575 e. The summed E-state index contributed by atoms with van der Waals surface area (Å²) >= 11 is 0. The Morgan fingerprint density at radius 1 is 0.483 bits per heavy atom. The van der Waals surface area contributed by atoms with Gasteiger partial charge in [0.05, 0.1) is 6.10 Å². The minimum absolute atomic E-state index is 0.588. The fourth-order valence-corrected chi connectivity index (χ4v) is 5.91. The third-order valence-corrected chi connectivity index (χ3v) is 8.05. The Balaban J connectivity index is 1.40. The van der Waals surface area contributed by atoms with Gasteiger partial charge in [0.2, 0.25) is 0 Å². The van der Waals surface area contributed by atoms with Crippen LogP contribution in [-0.4, -0.2) is 12.7 Å². The molecular weight excluding hydrogens is 352 g/mol. The quantitative estimate of drug-likeness (QED) is 0.232. The summed E-state index contributed by atoms with van der Waals surface area (Å²) < 4.78 is 6.28. The van der Waals surface area contributed by atoms with E-state index in [1.165, 1.54) is 135 Å². The van der Waals surface area contributed by atoms with Crippen molar-refractivity contribution in [2.24, 2.45) is 17.8 Å². The molecule has 0 spiro atoms. The molecule has 0 aromatic rings. The zero-order valence-corrected chi connectivity index (χ0v) is 20.3. The van der Waals surface area contributed by atoms with Crippen molar-refractivity contribution in [2.75, 3.05) is 6.61 Å². The van der Waals surface area contributed by atoms with Crippen molar-refractivity contribution in [1.82, 2.24) is 0 Å². The normalized spacial score (nSPS) is 27.9. The molecule has 0 aliphatic heterocycles. The summed E-state index contributed by atoms with van der Waals surface area (Å²) in [5.74, 6) is 3.07. The van der Waals surface area contributed by atoms with Crippen molar-refractivity contribution in [1.29, 1.82) is 0 Å².